The number of hydrogen-bond acceptors (Lipinski definition) is 4. The van der Waals surface area contributed by atoms with Crippen molar-refractivity contribution in [2.75, 3.05) is 28.8 Å². The average Bonchev–Trinajstić information content (AvgIpc) is 2.30. The summed E-state index contributed by atoms with van der Waals surface area (Å²) in [5.41, 5.74) is 0. The van der Waals surface area contributed by atoms with E-state index in [2.05, 4.69) is 14.9 Å². The Labute approximate surface area is 92.9 Å². The number of rotatable bonds is 2. The molecular formula is C9H12ClN3S. The zero-order valence-electron chi connectivity index (χ0n) is 7.77. The van der Waals surface area contributed by atoms with E-state index in [1.807, 2.05) is 17.8 Å². The summed E-state index contributed by atoms with van der Waals surface area (Å²) in [5.74, 6) is 3.65. The van der Waals surface area contributed by atoms with E-state index in [-0.39, 0.29) is 0 Å². The van der Waals surface area contributed by atoms with Crippen molar-refractivity contribution in [1.82, 2.24) is 9.97 Å². The molecule has 0 aliphatic carbocycles. The summed E-state index contributed by atoms with van der Waals surface area (Å²) >= 11 is 7.86. The second-order valence-electron chi connectivity index (χ2n) is 3.13. The average molecular weight is 230 g/mol. The molecule has 14 heavy (non-hydrogen) atoms. The zero-order chi connectivity index (χ0) is 9.80. The van der Waals surface area contributed by atoms with Crippen LogP contribution in [0.25, 0.3) is 0 Å². The molecule has 2 rings (SSSR count). The van der Waals surface area contributed by atoms with E-state index >= 15 is 0 Å². The predicted octanol–water partition coefficient (Wildman–Crippen LogP) is 1.64. The first-order valence-electron chi connectivity index (χ1n) is 4.59. The van der Waals surface area contributed by atoms with Gasteiger partial charge in [-0.2, -0.15) is 11.8 Å². The van der Waals surface area contributed by atoms with E-state index in [0.717, 1.165) is 24.0 Å². The minimum atomic E-state index is 0.373. The van der Waals surface area contributed by atoms with Gasteiger partial charge in [0.2, 0.25) is 5.95 Å². The Morgan fingerprint density at radius 3 is 3.00 bits per heavy atom. The van der Waals surface area contributed by atoms with Gasteiger partial charge in [-0.1, -0.05) is 0 Å². The van der Waals surface area contributed by atoms with E-state index in [1.54, 1.807) is 12.4 Å². The van der Waals surface area contributed by atoms with Crippen LogP contribution in [0.1, 0.15) is 0 Å². The van der Waals surface area contributed by atoms with Crippen LogP contribution in [-0.4, -0.2) is 39.9 Å². The van der Waals surface area contributed by atoms with Gasteiger partial charge in [0.1, 0.15) is 0 Å². The highest BCUT2D eigenvalue weighted by molar-refractivity contribution is 7.99. The van der Waals surface area contributed by atoms with Crippen LogP contribution in [0.2, 0.25) is 0 Å². The maximum absolute atomic E-state index is 5.91. The molecule has 1 aliphatic heterocycles. The van der Waals surface area contributed by atoms with Crippen LogP contribution >= 0.6 is 23.4 Å². The molecule has 5 heteroatoms. The second-order valence-corrected chi connectivity index (χ2v) is 4.58. The number of aromatic nitrogens is 2. The fourth-order valence-corrected chi connectivity index (χ4v) is 2.95. The summed E-state index contributed by atoms with van der Waals surface area (Å²) in [7, 11) is 0. The molecule has 3 nitrogen and oxygen atoms in total. The Morgan fingerprint density at radius 1 is 1.50 bits per heavy atom. The summed E-state index contributed by atoms with van der Waals surface area (Å²) in [6, 6.07) is 2.20. The molecule has 0 amide bonds. The summed E-state index contributed by atoms with van der Waals surface area (Å²) in [5, 5.41) is 0. The van der Waals surface area contributed by atoms with Crippen LogP contribution in [0.4, 0.5) is 5.95 Å². The van der Waals surface area contributed by atoms with E-state index in [1.165, 1.54) is 0 Å². The Morgan fingerprint density at radius 2 is 2.29 bits per heavy atom. The van der Waals surface area contributed by atoms with Gasteiger partial charge in [-0.15, -0.1) is 11.6 Å². The van der Waals surface area contributed by atoms with Crippen LogP contribution in [0.3, 0.4) is 0 Å². The van der Waals surface area contributed by atoms with Gasteiger partial charge >= 0.3 is 0 Å². The minimum absolute atomic E-state index is 0.373. The van der Waals surface area contributed by atoms with Crippen molar-refractivity contribution in [2.45, 2.75) is 6.04 Å². The molecule has 1 saturated heterocycles. The molecule has 76 valence electrons. The van der Waals surface area contributed by atoms with Crippen molar-refractivity contribution in [1.29, 1.82) is 0 Å². The van der Waals surface area contributed by atoms with Gasteiger partial charge in [-0.3, -0.25) is 0 Å². The molecule has 1 aromatic rings. The van der Waals surface area contributed by atoms with Gasteiger partial charge in [0, 0.05) is 36.3 Å². The van der Waals surface area contributed by atoms with Gasteiger partial charge in [0.05, 0.1) is 6.04 Å². The molecule has 1 aromatic heterocycles. The molecule has 0 bridgehead atoms. The maximum Gasteiger partial charge on any atom is 0.225 e. The third-order valence-corrected chi connectivity index (χ3v) is 3.66. The molecule has 1 unspecified atom stereocenters. The second kappa shape index (κ2) is 4.84. The number of nitrogens with zero attached hydrogens (tertiary/aromatic N) is 3. The lowest BCUT2D eigenvalue weighted by molar-refractivity contribution is 0.682. The van der Waals surface area contributed by atoms with Crippen molar-refractivity contribution in [3.63, 3.8) is 0 Å². The highest BCUT2D eigenvalue weighted by Gasteiger charge is 2.23. The molecule has 1 fully saturated rings. The first-order valence-corrected chi connectivity index (χ1v) is 6.28. The van der Waals surface area contributed by atoms with Gasteiger partial charge in [-0.05, 0) is 6.07 Å². The van der Waals surface area contributed by atoms with Crippen molar-refractivity contribution in [2.24, 2.45) is 0 Å². The monoisotopic (exact) mass is 229 g/mol. The minimum Gasteiger partial charge on any atom is -0.335 e. The quantitative estimate of drug-likeness (QED) is 0.721. The van der Waals surface area contributed by atoms with Gasteiger partial charge in [-0.25, -0.2) is 9.97 Å². The summed E-state index contributed by atoms with van der Waals surface area (Å²) < 4.78 is 0. The zero-order valence-corrected chi connectivity index (χ0v) is 9.34. The Kier molecular flexibility index (Phi) is 3.48. The highest BCUT2D eigenvalue weighted by atomic mass is 35.5. The lowest BCUT2D eigenvalue weighted by Crippen LogP contribution is -2.44. The SMILES string of the molecule is ClCC1CSCCN1c1ncccn1. The molecule has 0 aromatic carbocycles. The van der Waals surface area contributed by atoms with Crippen LogP contribution in [0, 0.1) is 0 Å². The van der Waals surface area contributed by atoms with Gasteiger partial charge < -0.3 is 4.90 Å². The Bertz CT molecular complexity index is 283. The summed E-state index contributed by atoms with van der Waals surface area (Å²) in [6.45, 7) is 0.992. The largest absolute Gasteiger partial charge is 0.335 e. The summed E-state index contributed by atoms with van der Waals surface area (Å²) in [4.78, 5) is 10.7. The smallest absolute Gasteiger partial charge is 0.225 e. The van der Waals surface area contributed by atoms with Crippen molar-refractivity contribution < 1.29 is 0 Å². The molecule has 0 saturated carbocycles. The lowest BCUT2D eigenvalue weighted by atomic mass is 10.3. The molecule has 0 radical (unpaired) electrons. The molecule has 1 atom stereocenters. The fourth-order valence-electron chi connectivity index (χ4n) is 1.49. The van der Waals surface area contributed by atoms with Crippen molar-refractivity contribution >= 4 is 29.3 Å². The first-order chi connectivity index (χ1) is 6.92. The Hall–Kier alpha value is -0.480. The number of halogens is 1. The van der Waals surface area contributed by atoms with Crippen LogP contribution in [0.15, 0.2) is 18.5 Å². The van der Waals surface area contributed by atoms with Crippen LogP contribution in [0.5, 0.6) is 0 Å². The van der Waals surface area contributed by atoms with E-state index < -0.39 is 0 Å². The van der Waals surface area contributed by atoms with Gasteiger partial charge in [0.15, 0.2) is 0 Å². The van der Waals surface area contributed by atoms with Crippen molar-refractivity contribution in [3.05, 3.63) is 18.5 Å². The number of anilines is 1. The molecule has 0 N–H and O–H groups in total. The molecule has 2 heterocycles. The van der Waals surface area contributed by atoms with Crippen molar-refractivity contribution in [3.8, 4) is 0 Å². The normalized spacial score (nSPS) is 22.4. The van der Waals surface area contributed by atoms with Crippen LogP contribution < -0.4 is 4.90 Å². The maximum atomic E-state index is 5.91. The fraction of sp³-hybridized carbons (Fsp3) is 0.556. The van der Waals surface area contributed by atoms with Gasteiger partial charge in [0.25, 0.3) is 0 Å². The highest BCUT2D eigenvalue weighted by Crippen LogP contribution is 2.21. The number of hydrogen-bond donors (Lipinski definition) is 0. The number of alkyl halides is 1. The molecular weight excluding hydrogens is 218 g/mol. The third-order valence-electron chi connectivity index (χ3n) is 2.21. The van der Waals surface area contributed by atoms with E-state index in [0.29, 0.717) is 11.9 Å². The standard InChI is InChI=1S/C9H12ClN3S/c10-6-8-7-14-5-4-13(8)9-11-2-1-3-12-9/h1-3,8H,4-7H2. The molecule has 1 aliphatic rings. The predicted molar refractivity (Wildman–Crippen MR) is 61.2 cm³/mol. The van der Waals surface area contributed by atoms with E-state index in [4.69, 9.17) is 11.6 Å². The first kappa shape index (κ1) is 10.1. The lowest BCUT2D eigenvalue weighted by Gasteiger charge is -2.33. The van der Waals surface area contributed by atoms with E-state index in [9.17, 15) is 0 Å². The van der Waals surface area contributed by atoms with Crippen LogP contribution in [-0.2, 0) is 0 Å². The molecule has 0 spiro atoms. The third kappa shape index (κ3) is 2.12. The topological polar surface area (TPSA) is 29.0 Å². The Balaban J connectivity index is 2.15. The number of thioether (sulfide) groups is 1. The summed E-state index contributed by atoms with van der Waals surface area (Å²) in [6.07, 6.45) is 3.55.